The average Bonchev–Trinajstić information content (AvgIpc) is 2.56. The highest BCUT2D eigenvalue weighted by molar-refractivity contribution is 5.87. The average molecular weight is 202 g/mol. The fourth-order valence-corrected chi connectivity index (χ4v) is 1.88. The van der Waals surface area contributed by atoms with Crippen molar-refractivity contribution in [2.45, 2.75) is 19.9 Å². The molecule has 3 heteroatoms. The number of para-hydroxylation sites is 1. The van der Waals surface area contributed by atoms with Gasteiger partial charge in [0, 0.05) is 36.0 Å². The topological polar surface area (TPSA) is 45.1 Å². The molecule has 2 rings (SSSR count). The van der Waals surface area contributed by atoms with E-state index in [4.69, 9.17) is 0 Å². The summed E-state index contributed by atoms with van der Waals surface area (Å²) in [6, 6.07) is 7.82. The van der Waals surface area contributed by atoms with Crippen LogP contribution >= 0.6 is 0 Å². The molecule has 0 saturated heterocycles. The number of rotatable bonds is 3. The van der Waals surface area contributed by atoms with Gasteiger partial charge in [-0.1, -0.05) is 18.2 Å². The molecule has 15 heavy (non-hydrogen) atoms. The Kier molecular flexibility index (Phi) is 2.46. The number of aryl methyl sites for hydroxylation is 1. The second-order valence-electron chi connectivity index (χ2n) is 3.51. The van der Waals surface area contributed by atoms with Gasteiger partial charge in [0.1, 0.15) is 0 Å². The summed E-state index contributed by atoms with van der Waals surface area (Å²) in [6.45, 7) is 2.88. The standard InChI is InChI=1S/C12H13NO2/c1-2-13-8-9(7-12(14)15)10-5-3-4-6-11(10)13/h3-6,8H,2,7H2,1H3,(H,14,15)/p-1. The molecule has 1 aromatic heterocycles. The van der Waals surface area contributed by atoms with Crippen molar-refractivity contribution in [2.75, 3.05) is 0 Å². The first kappa shape index (κ1) is 9.77. The van der Waals surface area contributed by atoms with Crippen LogP contribution in [0.5, 0.6) is 0 Å². The highest BCUT2D eigenvalue weighted by atomic mass is 16.4. The van der Waals surface area contributed by atoms with Gasteiger partial charge in [0.25, 0.3) is 0 Å². The van der Waals surface area contributed by atoms with Crippen molar-refractivity contribution in [1.82, 2.24) is 4.57 Å². The lowest BCUT2D eigenvalue weighted by molar-refractivity contribution is -0.304. The smallest absolute Gasteiger partial charge is 0.0483 e. The maximum absolute atomic E-state index is 10.6. The van der Waals surface area contributed by atoms with E-state index in [-0.39, 0.29) is 6.42 Å². The summed E-state index contributed by atoms with van der Waals surface area (Å²) < 4.78 is 2.05. The van der Waals surface area contributed by atoms with Gasteiger partial charge in [-0.25, -0.2) is 0 Å². The minimum atomic E-state index is -1.03. The van der Waals surface area contributed by atoms with Crippen molar-refractivity contribution >= 4 is 16.9 Å². The lowest BCUT2D eigenvalue weighted by Gasteiger charge is -1.99. The molecule has 3 nitrogen and oxygen atoms in total. The van der Waals surface area contributed by atoms with Crippen LogP contribution in [0.4, 0.5) is 0 Å². The van der Waals surface area contributed by atoms with E-state index in [2.05, 4.69) is 0 Å². The quantitative estimate of drug-likeness (QED) is 0.744. The number of aromatic nitrogens is 1. The fraction of sp³-hybridized carbons (Fsp3) is 0.250. The molecule has 0 radical (unpaired) electrons. The predicted octanol–water partition coefficient (Wildman–Crippen LogP) is 0.954. The molecule has 0 aliphatic heterocycles. The number of hydrogen-bond donors (Lipinski definition) is 0. The molecule has 78 valence electrons. The van der Waals surface area contributed by atoms with Gasteiger partial charge in [0.15, 0.2) is 0 Å². The summed E-state index contributed by atoms with van der Waals surface area (Å²) in [5.41, 5.74) is 1.91. The van der Waals surface area contributed by atoms with Gasteiger partial charge in [-0.05, 0) is 18.6 Å². The number of carbonyl (C=O) groups excluding carboxylic acids is 1. The first-order chi connectivity index (χ1) is 7.22. The molecule has 1 aromatic carbocycles. The molecular formula is C12H12NO2-. The van der Waals surface area contributed by atoms with E-state index >= 15 is 0 Å². The van der Waals surface area contributed by atoms with Crippen molar-refractivity contribution in [3.8, 4) is 0 Å². The fourth-order valence-electron chi connectivity index (χ4n) is 1.88. The molecule has 0 aliphatic carbocycles. The van der Waals surface area contributed by atoms with Crippen LogP contribution in [0.1, 0.15) is 12.5 Å². The van der Waals surface area contributed by atoms with Crippen LogP contribution in [0.3, 0.4) is 0 Å². The zero-order chi connectivity index (χ0) is 10.8. The number of benzene rings is 1. The molecule has 0 amide bonds. The maximum Gasteiger partial charge on any atom is 0.0483 e. The largest absolute Gasteiger partial charge is 0.550 e. The van der Waals surface area contributed by atoms with Crippen molar-refractivity contribution in [3.05, 3.63) is 36.0 Å². The number of carboxylic acid groups (broad SMARTS) is 1. The number of aliphatic carboxylic acids is 1. The lowest BCUT2D eigenvalue weighted by atomic mass is 10.1. The van der Waals surface area contributed by atoms with Gasteiger partial charge in [-0.2, -0.15) is 0 Å². The summed E-state index contributed by atoms with van der Waals surface area (Å²) >= 11 is 0. The van der Waals surface area contributed by atoms with Crippen LogP contribution in [0.2, 0.25) is 0 Å². The molecule has 0 N–H and O–H groups in total. The van der Waals surface area contributed by atoms with Crippen LogP contribution in [0.25, 0.3) is 10.9 Å². The lowest BCUT2D eigenvalue weighted by Crippen LogP contribution is -2.24. The number of nitrogens with zero attached hydrogens (tertiary/aromatic N) is 1. The molecule has 2 aromatic rings. The third kappa shape index (κ3) is 1.73. The SMILES string of the molecule is CCn1cc(CC(=O)[O-])c2ccccc21. The van der Waals surface area contributed by atoms with E-state index in [0.717, 1.165) is 23.0 Å². The Hall–Kier alpha value is -1.77. The van der Waals surface area contributed by atoms with Crippen LogP contribution < -0.4 is 5.11 Å². The van der Waals surface area contributed by atoms with Crippen LogP contribution in [-0.2, 0) is 17.8 Å². The third-order valence-electron chi connectivity index (χ3n) is 2.55. The molecule has 0 saturated carbocycles. The number of fused-ring (bicyclic) bond motifs is 1. The molecule has 0 atom stereocenters. The highest BCUT2D eigenvalue weighted by Gasteiger charge is 2.06. The Morgan fingerprint density at radius 1 is 1.40 bits per heavy atom. The Labute approximate surface area is 87.9 Å². The van der Waals surface area contributed by atoms with Gasteiger partial charge in [0.2, 0.25) is 0 Å². The van der Waals surface area contributed by atoms with E-state index in [1.165, 1.54) is 0 Å². The van der Waals surface area contributed by atoms with Gasteiger partial charge in [-0.15, -0.1) is 0 Å². The van der Waals surface area contributed by atoms with Crippen molar-refractivity contribution < 1.29 is 9.90 Å². The van der Waals surface area contributed by atoms with Gasteiger partial charge in [0.05, 0.1) is 0 Å². The van der Waals surface area contributed by atoms with E-state index in [1.54, 1.807) is 0 Å². The first-order valence-electron chi connectivity index (χ1n) is 4.99. The molecule has 0 bridgehead atoms. The number of carboxylic acids is 1. The van der Waals surface area contributed by atoms with Crippen molar-refractivity contribution in [2.24, 2.45) is 0 Å². The maximum atomic E-state index is 10.6. The Balaban J connectivity index is 2.59. The third-order valence-corrected chi connectivity index (χ3v) is 2.55. The predicted molar refractivity (Wildman–Crippen MR) is 56.3 cm³/mol. The first-order valence-corrected chi connectivity index (χ1v) is 4.99. The number of carbonyl (C=O) groups is 1. The van der Waals surface area contributed by atoms with E-state index in [0.29, 0.717) is 0 Å². The molecule has 0 spiro atoms. The molecule has 0 aliphatic rings. The molecule has 0 unspecified atom stereocenters. The van der Waals surface area contributed by atoms with Gasteiger partial charge >= 0.3 is 0 Å². The van der Waals surface area contributed by atoms with Crippen LogP contribution in [0.15, 0.2) is 30.5 Å². The van der Waals surface area contributed by atoms with E-state index in [9.17, 15) is 9.90 Å². The summed E-state index contributed by atoms with van der Waals surface area (Å²) in [5.74, 6) is -1.03. The number of hydrogen-bond acceptors (Lipinski definition) is 2. The summed E-state index contributed by atoms with van der Waals surface area (Å²) in [4.78, 5) is 10.6. The second-order valence-corrected chi connectivity index (χ2v) is 3.51. The Bertz CT molecular complexity index is 499. The molecule has 0 fully saturated rings. The Morgan fingerprint density at radius 3 is 2.80 bits per heavy atom. The van der Waals surface area contributed by atoms with Crippen LogP contribution in [-0.4, -0.2) is 10.5 Å². The molecular weight excluding hydrogens is 190 g/mol. The molecule has 1 heterocycles. The van der Waals surface area contributed by atoms with Gasteiger partial charge in [-0.3, -0.25) is 0 Å². The van der Waals surface area contributed by atoms with Crippen molar-refractivity contribution in [3.63, 3.8) is 0 Å². The van der Waals surface area contributed by atoms with Crippen molar-refractivity contribution in [1.29, 1.82) is 0 Å². The van der Waals surface area contributed by atoms with Crippen LogP contribution in [0, 0.1) is 0 Å². The summed E-state index contributed by atoms with van der Waals surface area (Å²) in [5, 5.41) is 11.6. The monoisotopic (exact) mass is 202 g/mol. The summed E-state index contributed by atoms with van der Waals surface area (Å²) in [6.07, 6.45) is 1.87. The summed E-state index contributed by atoms with van der Waals surface area (Å²) in [7, 11) is 0. The minimum absolute atomic E-state index is 0.0203. The van der Waals surface area contributed by atoms with E-state index in [1.807, 2.05) is 42.0 Å². The van der Waals surface area contributed by atoms with Gasteiger partial charge < -0.3 is 14.5 Å². The zero-order valence-electron chi connectivity index (χ0n) is 8.56. The minimum Gasteiger partial charge on any atom is -0.550 e. The Morgan fingerprint density at radius 2 is 2.13 bits per heavy atom. The van der Waals surface area contributed by atoms with E-state index < -0.39 is 5.97 Å². The zero-order valence-corrected chi connectivity index (χ0v) is 8.56. The normalized spacial score (nSPS) is 10.7. The second kappa shape index (κ2) is 3.77. The highest BCUT2D eigenvalue weighted by Crippen LogP contribution is 2.21.